The van der Waals surface area contributed by atoms with Crippen molar-refractivity contribution < 1.29 is 0 Å². The van der Waals surface area contributed by atoms with Gasteiger partial charge in [0.1, 0.15) is 5.01 Å². The molecule has 0 spiro atoms. The van der Waals surface area contributed by atoms with Gasteiger partial charge in [-0.3, -0.25) is 0 Å². The van der Waals surface area contributed by atoms with Crippen LogP contribution in [0.2, 0.25) is 0 Å². The largest absolute Gasteiger partial charge is 0.385 e. The molecular weight excluding hydrogens is 230 g/mol. The smallest absolute Gasteiger partial charge is 0.107 e. The summed E-state index contributed by atoms with van der Waals surface area (Å²) in [4.78, 5) is 4.39. The van der Waals surface area contributed by atoms with Gasteiger partial charge < -0.3 is 5.32 Å². The minimum Gasteiger partial charge on any atom is -0.385 e. The zero-order valence-corrected chi connectivity index (χ0v) is 10.2. The van der Waals surface area contributed by atoms with Crippen LogP contribution in [0, 0.1) is 11.3 Å². The van der Waals surface area contributed by atoms with Crippen molar-refractivity contribution in [2.24, 2.45) is 0 Å². The third-order valence-electron chi connectivity index (χ3n) is 2.31. The van der Waals surface area contributed by atoms with Crippen molar-refractivity contribution in [2.75, 3.05) is 11.9 Å². The van der Waals surface area contributed by atoms with Gasteiger partial charge in [-0.05, 0) is 12.1 Å². The van der Waals surface area contributed by atoms with Gasteiger partial charge in [-0.25, -0.2) is 4.98 Å². The molecule has 86 valence electrons. The van der Waals surface area contributed by atoms with Gasteiger partial charge in [0.2, 0.25) is 0 Å². The predicted molar refractivity (Wildman–Crippen MR) is 70.1 cm³/mol. The minimum absolute atomic E-state index is 0.413. The van der Waals surface area contributed by atoms with E-state index in [9.17, 15) is 0 Å². The maximum absolute atomic E-state index is 8.56. The van der Waals surface area contributed by atoms with Crippen LogP contribution < -0.4 is 5.32 Å². The summed E-state index contributed by atoms with van der Waals surface area (Å²) in [6.45, 7) is 0.861. The highest BCUT2D eigenvalue weighted by molar-refractivity contribution is 7.09. The first-order chi connectivity index (χ1) is 8.38. The minimum atomic E-state index is 0.413. The van der Waals surface area contributed by atoms with E-state index in [1.165, 1.54) is 0 Å². The number of nitriles is 1. The molecule has 1 aromatic heterocycles. The summed E-state index contributed by atoms with van der Waals surface area (Å²) in [5.41, 5.74) is 2.18. The molecule has 0 saturated heterocycles. The SMILES string of the molecule is N#CCc1nc(CCNc2ccccc2)cs1. The highest BCUT2D eigenvalue weighted by atomic mass is 32.1. The summed E-state index contributed by atoms with van der Waals surface area (Å²) in [6, 6.07) is 12.2. The van der Waals surface area contributed by atoms with Gasteiger partial charge in [0, 0.05) is 24.0 Å². The standard InChI is InChI=1S/C13H13N3S/c14-8-6-13-16-12(10-17-13)7-9-15-11-4-2-1-3-5-11/h1-5,10,15H,6-7,9H2. The fourth-order valence-electron chi connectivity index (χ4n) is 1.50. The lowest BCUT2D eigenvalue weighted by atomic mass is 10.3. The van der Waals surface area contributed by atoms with Crippen molar-refractivity contribution in [3.05, 3.63) is 46.4 Å². The number of hydrogen-bond donors (Lipinski definition) is 1. The molecule has 0 aliphatic rings. The second-order valence-electron chi connectivity index (χ2n) is 3.61. The Kier molecular flexibility index (Phi) is 4.11. The molecule has 0 aliphatic carbocycles. The van der Waals surface area contributed by atoms with E-state index in [0.717, 1.165) is 29.4 Å². The molecule has 0 fully saturated rings. The van der Waals surface area contributed by atoms with E-state index in [1.54, 1.807) is 11.3 Å². The first-order valence-electron chi connectivity index (χ1n) is 5.47. The molecule has 4 heteroatoms. The average molecular weight is 243 g/mol. The summed E-state index contributed by atoms with van der Waals surface area (Å²) in [5, 5.41) is 14.8. The fourth-order valence-corrected chi connectivity index (χ4v) is 2.26. The van der Waals surface area contributed by atoms with Crippen molar-refractivity contribution in [1.82, 2.24) is 4.98 Å². The molecule has 1 aromatic carbocycles. The fraction of sp³-hybridized carbons (Fsp3) is 0.231. The van der Waals surface area contributed by atoms with E-state index in [2.05, 4.69) is 16.4 Å². The van der Waals surface area contributed by atoms with Crippen LogP contribution >= 0.6 is 11.3 Å². The van der Waals surface area contributed by atoms with E-state index < -0.39 is 0 Å². The third kappa shape index (κ3) is 3.58. The lowest BCUT2D eigenvalue weighted by Gasteiger charge is -2.03. The molecular formula is C13H13N3S. The third-order valence-corrected chi connectivity index (χ3v) is 3.21. The number of aromatic nitrogens is 1. The Bertz CT molecular complexity index is 499. The molecule has 0 aliphatic heterocycles. The Hall–Kier alpha value is -1.86. The topological polar surface area (TPSA) is 48.7 Å². The molecule has 2 aromatic rings. The summed E-state index contributed by atoms with van der Waals surface area (Å²) >= 11 is 1.56. The normalized spacial score (nSPS) is 9.82. The number of nitrogens with zero attached hydrogens (tertiary/aromatic N) is 2. The number of rotatable bonds is 5. The summed E-state index contributed by atoms with van der Waals surface area (Å²) in [7, 11) is 0. The lowest BCUT2D eigenvalue weighted by Crippen LogP contribution is -2.04. The summed E-state index contributed by atoms with van der Waals surface area (Å²) in [6.07, 6.45) is 1.30. The maximum Gasteiger partial charge on any atom is 0.107 e. The van der Waals surface area contributed by atoms with Crippen LogP contribution in [0.1, 0.15) is 10.7 Å². The van der Waals surface area contributed by atoms with E-state index in [4.69, 9.17) is 5.26 Å². The maximum atomic E-state index is 8.56. The van der Waals surface area contributed by atoms with Gasteiger partial charge in [-0.2, -0.15) is 5.26 Å². The van der Waals surface area contributed by atoms with Crippen LogP contribution in [-0.2, 0) is 12.8 Å². The zero-order chi connectivity index (χ0) is 11.9. The number of thiazole rings is 1. The summed E-state index contributed by atoms with van der Waals surface area (Å²) < 4.78 is 0. The molecule has 3 nitrogen and oxygen atoms in total. The molecule has 0 unspecified atom stereocenters. The van der Waals surface area contributed by atoms with Crippen molar-refractivity contribution in [1.29, 1.82) is 5.26 Å². The summed E-state index contributed by atoms with van der Waals surface area (Å²) in [5.74, 6) is 0. The first-order valence-corrected chi connectivity index (χ1v) is 6.35. The number of nitrogens with one attached hydrogen (secondary N) is 1. The molecule has 1 N–H and O–H groups in total. The van der Waals surface area contributed by atoms with Gasteiger partial charge in [0.05, 0.1) is 18.2 Å². The van der Waals surface area contributed by atoms with E-state index in [-0.39, 0.29) is 0 Å². The van der Waals surface area contributed by atoms with Crippen LogP contribution in [0.5, 0.6) is 0 Å². The Balaban J connectivity index is 1.80. The van der Waals surface area contributed by atoms with Gasteiger partial charge in [0.15, 0.2) is 0 Å². The molecule has 2 rings (SSSR count). The number of para-hydroxylation sites is 1. The van der Waals surface area contributed by atoms with Gasteiger partial charge >= 0.3 is 0 Å². The molecule has 0 radical (unpaired) electrons. The van der Waals surface area contributed by atoms with Gasteiger partial charge in [0.25, 0.3) is 0 Å². The second-order valence-corrected chi connectivity index (χ2v) is 4.55. The number of hydrogen-bond acceptors (Lipinski definition) is 4. The number of benzene rings is 1. The van der Waals surface area contributed by atoms with Crippen molar-refractivity contribution in [3.63, 3.8) is 0 Å². The highest BCUT2D eigenvalue weighted by Gasteiger charge is 2.01. The molecule has 0 saturated carbocycles. The van der Waals surface area contributed by atoms with Crippen LogP contribution in [0.15, 0.2) is 35.7 Å². The Morgan fingerprint density at radius 2 is 2.12 bits per heavy atom. The highest BCUT2D eigenvalue weighted by Crippen LogP contribution is 2.11. The van der Waals surface area contributed by atoms with Crippen LogP contribution in [0.3, 0.4) is 0 Å². The van der Waals surface area contributed by atoms with Gasteiger partial charge in [-0.1, -0.05) is 18.2 Å². The Morgan fingerprint density at radius 3 is 2.88 bits per heavy atom. The van der Waals surface area contributed by atoms with E-state index in [0.29, 0.717) is 6.42 Å². The Labute approximate surface area is 105 Å². The van der Waals surface area contributed by atoms with E-state index in [1.807, 2.05) is 35.7 Å². The van der Waals surface area contributed by atoms with Crippen LogP contribution in [-0.4, -0.2) is 11.5 Å². The lowest BCUT2D eigenvalue weighted by molar-refractivity contribution is 0.962. The molecule has 17 heavy (non-hydrogen) atoms. The molecule has 0 amide bonds. The van der Waals surface area contributed by atoms with Crippen molar-refractivity contribution >= 4 is 17.0 Å². The monoisotopic (exact) mass is 243 g/mol. The molecule has 1 heterocycles. The molecule has 0 bridgehead atoms. The predicted octanol–water partition coefficient (Wildman–Crippen LogP) is 2.86. The van der Waals surface area contributed by atoms with Gasteiger partial charge in [-0.15, -0.1) is 11.3 Å². The number of anilines is 1. The van der Waals surface area contributed by atoms with E-state index >= 15 is 0 Å². The zero-order valence-electron chi connectivity index (χ0n) is 9.39. The van der Waals surface area contributed by atoms with Crippen molar-refractivity contribution in [2.45, 2.75) is 12.8 Å². The quantitative estimate of drug-likeness (QED) is 0.878. The van der Waals surface area contributed by atoms with Crippen LogP contribution in [0.25, 0.3) is 0 Å². The second kappa shape index (κ2) is 6.02. The molecule has 0 atom stereocenters. The average Bonchev–Trinajstić information content (AvgIpc) is 2.79. The Morgan fingerprint density at radius 1 is 1.29 bits per heavy atom. The van der Waals surface area contributed by atoms with Crippen molar-refractivity contribution in [3.8, 4) is 6.07 Å². The van der Waals surface area contributed by atoms with Crippen LogP contribution in [0.4, 0.5) is 5.69 Å². The first kappa shape index (κ1) is 11.6.